The smallest absolute Gasteiger partial charge is 0.0554 e. The van der Waals surface area contributed by atoms with Gasteiger partial charge in [-0.05, 0) is 97.4 Å². The quantitative estimate of drug-likeness (QED) is 0.169. The molecule has 10 rings (SSSR count). The number of hydrogen-bond acceptors (Lipinski definition) is 2. The van der Waals surface area contributed by atoms with E-state index in [0.717, 1.165) is 11.4 Å². The van der Waals surface area contributed by atoms with Crippen molar-refractivity contribution >= 4 is 70.1 Å². The predicted molar refractivity (Wildman–Crippen MR) is 225 cm³/mol. The van der Waals surface area contributed by atoms with Crippen molar-refractivity contribution in [2.45, 2.75) is 0 Å². The zero-order valence-corrected chi connectivity index (χ0v) is 29.2. The third kappa shape index (κ3) is 5.16. The van der Waals surface area contributed by atoms with E-state index >= 15 is 0 Å². The van der Waals surface area contributed by atoms with Gasteiger partial charge in [-0.1, -0.05) is 158 Å². The van der Waals surface area contributed by atoms with Gasteiger partial charge in [0, 0.05) is 31.5 Å². The first-order chi connectivity index (χ1) is 25.8. The monoisotopic (exact) mass is 679 g/mol. The van der Waals surface area contributed by atoms with E-state index in [4.69, 9.17) is 0 Å². The van der Waals surface area contributed by atoms with E-state index in [1.165, 1.54) is 80.8 Å². The van der Waals surface area contributed by atoms with Crippen LogP contribution in [0.2, 0.25) is 0 Å². The minimum Gasteiger partial charge on any atom is -0.310 e. The maximum absolute atomic E-state index is 2.43. The molecule has 0 amide bonds. The van der Waals surface area contributed by atoms with Gasteiger partial charge in [0.25, 0.3) is 0 Å². The summed E-state index contributed by atoms with van der Waals surface area (Å²) in [5.41, 5.74) is 10.8. The van der Waals surface area contributed by atoms with Gasteiger partial charge in [0.1, 0.15) is 0 Å². The molecule has 0 bridgehead atoms. The molecule has 0 atom stereocenters. The fraction of sp³-hybridized carbons (Fsp3) is 0. The zero-order valence-electron chi connectivity index (χ0n) is 28.4. The molecule has 0 aliphatic rings. The summed E-state index contributed by atoms with van der Waals surface area (Å²) in [7, 11) is 0. The first-order valence-corrected chi connectivity index (χ1v) is 18.6. The van der Waals surface area contributed by atoms with Gasteiger partial charge in [0.15, 0.2) is 0 Å². The summed E-state index contributed by atoms with van der Waals surface area (Å²) in [5, 5.41) is 7.60. The van der Waals surface area contributed by atoms with Crippen molar-refractivity contribution in [1.82, 2.24) is 0 Å². The maximum Gasteiger partial charge on any atom is 0.0554 e. The second-order valence-electron chi connectivity index (χ2n) is 13.3. The van der Waals surface area contributed by atoms with E-state index in [2.05, 4.69) is 205 Å². The molecule has 10 aromatic rings. The van der Waals surface area contributed by atoms with Crippen molar-refractivity contribution in [2.24, 2.45) is 0 Å². The molecule has 0 unspecified atom stereocenters. The summed E-state index contributed by atoms with van der Waals surface area (Å²) in [6.45, 7) is 0. The van der Waals surface area contributed by atoms with Crippen LogP contribution >= 0.6 is 11.3 Å². The first kappa shape index (κ1) is 30.4. The number of rotatable bonds is 6. The van der Waals surface area contributed by atoms with Gasteiger partial charge in [0.2, 0.25) is 0 Å². The Bertz CT molecular complexity index is 2880. The lowest BCUT2D eigenvalue weighted by molar-refractivity contribution is 1.30. The SMILES string of the molecule is c1ccc(-c2c(-c3ccc(N(c4ccc(-c5cccc6ccccc56)cc4)c4cccc5sc6ccccc6c45)cc3)ccc3ccccc23)cc1. The third-order valence-corrected chi connectivity index (χ3v) is 11.4. The molecule has 0 spiro atoms. The number of thiophene rings is 1. The van der Waals surface area contributed by atoms with Crippen LogP contribution < -0.4 is 4.90 Å². The molecular weight excluding hydrogens is 647 g/mol. The van der Waals surface area contributed by atoms with Gasteiger partial charge in [-0.25, -0.2) is 0 Å². The van der Waals surface area contributed by atoms with Gasteiger partial charge < -0.3 is 4.90 Å². The van der Waals surface area contributed by atoms with Crippen LogP contribution in [0.5, 0.6) is 0 Å². The average molecular weight is 680 g/mol. The lowest BCUT2D eigenvalue weighted by Gasteiger charge is -2.27. The number of fused-ring (bicyclic) bond motifs is 5. The molecule has 244 valence electrons. The van der Waals surface area contributed by atoms with Crippen LogP contribution in [0.4, 0.5) is 17.1 Å². The van der Waals surface area contributed by atoms with Crippen LogP contribution in [0.25, 0.3) is 75.1 Å². The molecule has 52 heavy (non-hydrogen) atoms. The van der Waals surface area contributed by atoms with Crippen molar-refractivity contribution in [3.05, 3.63) is 200 Å². The summed E-state index contributed by atoms with van der Waals surface area (Å²) in [6.07, 6.45) is 0. The Morgan fingerprint density at radius 3 is 1.63 bits per heavy atom. The Morgan fingerprint density at radius 2 is 0.885 bits per heavy atom. The minimum atomic E-state index is 1.12. The standard InChI is InChI=1S/C50H33NS/c1-2-14-38(15-3-1)49-43-18-7-5-13-35(43)28-33-44(49)37-26-31-40(32-27-37)51(46-21-11-23-48-50(46)45-19-8-9-22-47(45)52-48)39-29-24-36(25-30-39)42-20-10-16-34-12-4-6-17-41(34)42/h1-33H. The Kier molecular flexibility index (Phi) is 7.41. The molecule has 0 saturated carbocycles. The normalized spacial score (nSPS) is 11.5. The van der Waals surface area contributed by atoms with Crippen molar-refractivity contribution in [3.8, 4) is 33.4 Å². The highest BCUT2D eigenvalue weighted by Gasteiger charge is 2.19. The Labute approximate surface area is 307 Å². The fourth-order valence-electron chi connectivity index (χ4n) is 7.85. The maximum atomic E-state index is 2.43. The molecule has 0 radical (unpaired) electrons. The third-order valence-electron chi connectivity index (χ3n) is 10.3. The van der Waals surface area contributed by atoms with Crippen LogP contribution in [-0.2, 0) is 0 Å². The number of nitrogens with zero attached hydrogens (tertiary/aromatic N) is 1. The van der Waals surface area contributed by atoms with Crippen molar-refractivity contribution < 1.29 is 0 Å². The van der Waals surface area contributed by atoms with Gasteiger partial charge in [-0.2, -0.15) is 0 Å². The highest BCUT2D eigenvalue weighted by Crippen LogP contribution is 2.46. The van der Waals surface area contributed by atoms with Crippen molar-refractivity contribution in [3.63, 3.8) is 0 Å². The van der Waals surface area contributed by atoms with Gasteiger partial charge in [-0.3, -0.25) is 0 Å². The van der Waals surface area contributed by atoms with Gasteiger partial charge >= 0.3 is 0 Å². The van der Waals surface area contributed by atoms with Crippen molar-refractivity contribution in [2.75, 3.05) is 4.90 Å². The predicted octanol–water partition coefficient (Wildman–Crippen LogP) is 14.8. The second-order valence-corrected chi connectivity index (χ2v) is 14.4. The molecule has 1 heterocycles. The average Bonchev–Trinajstić information content (AvgIpc) is 3.61. The van der Waals surface area contributed by atoms with Gasteiger partial charge in [0.05, 0.1) is 5.69 Å². The topological polar surface area (TPSA) is 3.24 Å². The summed E-state index contributed by atoms with van der Waals surface area (Å²) in [6, 6.07) is 72.9. The van der Waals surface area contributed by atoms with E-state index in [9.17, 15) is 0 Å². The number of hydrogen-bond donors (Lipinski definition) is 0. The minimum absolute atomic E-state index is 1.12. The summed E-state index contributed by atoms with van der Waals surface area (Å²) >= 11 is 1.86. The lowest BCUT2D eigenvalue weighted by atomic mass is 9.90. The van der Waals surface area contributed by atoms with Crippen LogP contribution in [-0.4, -0.2) is 0 Å². The molecule has 9 aromatic carbocycles. The second kappa shape index (κ2) is 12.7. The van der Waals surface area contributed by atoms with E-state index in [-0.39, 0.29) is 0 Å². The Morgan fingerprint density at radius 1 is 0.327 bits per heavy atom. The summed E-state index contributed by atoms with van der Waals surface area (Å²) in [5.74, 6) is 0. The van der Waals surface area contributed by atoms with Crippen LogP contribution in [0, 0.1) is 0 Å². The molecule has 0 saturated heterocycles. The van der Waals surface area contributed by atoms with E-state index < -0.39 is 0 Å². The molecule has 1 nitrogen and oxygen atoms in total. The Balaban J connectivity index is 1.14. The van der Waals surface area contributed by atoms with Gasteiger partial charge in [-0.15, -0.1) is 11.3 Å². The lowest BCUT2D eigenvalue weighted by Crippen LogP contribution is -2.10. The van der Waals surface area contributed by atoms with Crippen LogP contribution in [0.1, 0.15) is 0 Å². The molecule has 2 heteroatoms. The highest BCUT2D eigenvalue weighted by atomic mass is 32.1. The molecule has 1 aromatic heterocycles. The largest absolute Gasteiger partial charge is 0.310 e. The first-order valence-electron chi connectivity index (χ1n) is 17.8. The van der Waals surface area contributed by atoms with Crippen LogP contribution in [0.3, 0.4) is 0 Å². The molecular formula is C50H33NS. The van der Waals surface area contributed by atoms with E-state index in [1.54, 1.807) is 0 Å². The molecule has 0 aliphatic carbocycles. The Hall–Kier alpha value is -6.48. The highest BCUT2D eigenvalue weighted by molar-refractivity contribution is 7.26. The number of anilines is 3. The summed E-state index contributed by atoms with van der Waals surface area (Å²) in [4.78, 5) is 2.43. The van der Waals surface area contributed by atoms with Crippen LogP contribution in [0.15, 0.2) is 200 Å². The molecule has 0 fully saturated rings. The van der Waals surface area contributed by atoms with Crippen molar-refractivity contribution in [1.29, 1.82) is 0 Å². The zero-order chi connectivity index (χ0) is 34.4. The molecule has 0 N–H and O–H groups in total. The summed E-state index contributed by atoms with van der Waals surface area (Å²) < 4.78 is 2.59. The molecule has 0 aliphatic heterocycles. The van der Waals surface area contributed by atoms with E-state index in [1.807, 2.05) is 11.3 Å². The van der Waals surface area contributed by atoms with E-state index in [0.29, 0.717) is 0 Å². The number of benzene rings is 9. The fourth-order valence-corrected chi connectivity index (χ4v) is 8.98.